The minimum atomic E-state index is -0.306. The average Bonchev–Trinajstić information content (AvgIpc) is 3.49. The van der Waals surface area contributed by atoms with E-state index in [1.165, 1.54) is 6.07 Å². The summed E-state index contributed by atoms with van der Waals surface area (Å²) in [5.41, 5.74) is 4.37. The monoisotopic (exact) mass is 462 g/mol. The topological polar surface area (TPSA) is 88.3 Å². The van der Waals surface area contributed by atoms with Crippen LogP contribution in [0.15, 0.2) is 36.7 Å². The minimum Gasteiger partial charge on any atom is -0.488 e. The molecule has 1 saturated heterocycles. The van der Waals surface area contributed by atoms with E-state index in [-0.39, 0.29) is 22.7 Å². The number of benzene rings is 1. The molecular weight excluding hydrogens is 435 g/mol. The average molecular weight is 463 g/mol. The van der Waals surface area contributed by atoms with E-state index in [2.05, 4.69) is 20.6 Å². The molecule has 0 radical (unpaired) electrons. The molecule has 3 N–H and O–H groups in total. The van der Waals surface area contributed by atoms with Gasteiger partial charge in [-0.05, 0) is 44.9 Å². The first kappa shape index (κ1) is 21.2. The van der Waals surface area contributed by atoms with Crippen LogP contribution in [0.3, 0.4) is 0 Å². The van der Waals surface area contributed by atoms with Gasteiger partial charge in [0, 0.05) is 47.1 Å². The Kier molecular flexibility index (Phi) is 4.71. The molecule has 6 rings (SSSR count). The van der Waals surface area contributed by atoms with Crippen LogP contribution in [0.1, 0.15) is 47.8 Å². The third-order valence-corrected chi connectivity index (χ3v) is 7.39. The minimum absolute atomic E-state index is 0.0732. The highest BCUT2D eigenvalue weighted by molar-refractivity contribution is 6.07. The third kappa shape index (κ3) is 3.36. The summed E-state index contributed by atoms with van der Waals surface area (Å²) in [6, 6.07) is 6.77. The Morgan fingerprint density at radius 3 is 2.82 bits per heavy atom. The number of halogens is 1. The number of fused-ring (bicyclic) bond motifs is 2. The van der Waals surface area contributed by atoms with Crippen LogP contribution < -0.4 is 15.4 Å². The maximum absolute atomic E-state index is 14.3. The molecule has 4 heterocycles. The Balaban J connectivity index is 1.48. The molecule has 176 valence electrons. The Morgan fingerprint density at radius 1 is 1.26 bits per heavy atom. The van der Waals surface area contributed by atoms with Crippen LogP contribution in [0.25, 0.3) is 11.3 Å². The van der Waals surface area contributed by atoms with E-state index >= 15 is 0 Å². The van der Waals surface area contributed by atoms with Crippen LogP contribution in [0, 0.1) is 12.7 Å². The first-order valence-electron chi connectivity index (χ1n) is 11.7. The number of carbonyl (C=O) groups excluding carboxylic acids is 1. The molecule has 2 aromatic heterocycles. The molecule has 3 aliphatic rings. The fourth-order valence-corrected chi connectivity index (χ4v) is 4.83. The van der Waals surface area contributed by atoms with Crippen molar-refractivity contribution in [2.24, 2.45) is 0 Å². The zero-order valence-electron chi connectivity index (χ0n) is 19.3. The van der Waals surface area contributed by atoms with Crippen LogP contribution in [0.4, 0.5) is 15.8 Å². The van der Waals surface area contributed by atoms with Gasteiger partial charge in [-0.2, -0.15) is 0 Å². The van der Waals surface area contributed by atoms with Gasteiger partial charge in [0.2, 0.25) is 0 Å². The van der Waals surface area contributed by atoms with Crippen LogP contribution in [-0.2, 0) is 10.2 Å². The van der Waals surface area contributed by atoms with Crippen LogP contribution in [-0.4, -0.2) is 41.2 Å². The fraction of sp³-hybridized carbons (Fsp3) is 0.385. The van der Waals surface area contributed by atoms with Gasteiger partial charge in [0.05, 0.1) is 29.7 Å². The van der Waals surface area contributed by atoms with E-state index < -0.39 is 0 Å². The van der Waals surface area contributed by atoms with E-state index in [1.807, 2.05) is 19.1 Å². The number of H-pyrrole nitrogens is 1. The summed E-state index contributed by atoms with van der Waals surface area (Å²) in [7, 11) is 0. The van der Waals surface area contributed by atoms with Crippen molar-refractivity contribution in [3.8, 4) is 17.0 Å². The molecular formula is C26H27FN4O3. The SMILES string of the molecule is Cc1c(F)cccc1Nc1c(-c2ccncc2OCC2(C)CCO2)[nH]c2c1C(=O)NCC21CC1. The van der Waals surface area contributed by atoms with E-state index in [4.69, 9.17) is 9.47 Å². The number of hydrogen-bond donors (Lipinski definition) is 3. The molecule has 1 saturated carbocycles. The predicted molar refractivity (Wildman–Crippen MR) is 126 cm³/mol. The summed E-state index contributed by atoms with van der Waals surface area (Å²) in [5.74, 6) is 0.154. The van der Waals surface area contributed by atoms with Gasteiger partial charge in [-0.1, -0.05) is 6.07 Å². The lowest BCUT2D eigenvalue weighted by Gasteiger charge is -2.38. The van der Waals surface area contributed by atoms with Gasteiger partial charge >= 0.3 is 0 Å². The van der Waals surface area contributed by atoms with E-state index in [9.17, 15) is 9.18 Å². The second kappa shape index (κ2) is 7.56. The first-order chi connectivity index (χ1) is 16.4. The summed E-state index contributed by atoms with van der Waals surface area (Å²) in [4.78, 5) is 20.9. The number of nitrogens with zero attached hydrogens (tertiary/aromatic N) is 1. The third-order valence-electron chi connectivity index (χ3n) is 7.39. The van der Waals surface area contributed by atoms with E-state index in [0.717, 1.165) is 42.8 Å². The molecule has 1 aliphatic carbocycles. The number of aromatic nitrogens is 2. The molecule has 1 amide bonds. The standard InChI is InChI=1S/C26H27FN4O3/c1-15-17(27)4-3-5-18(15)30-22-20-23(26(7-8-26)13-29-24(20)32)31-21(22)16-6-10-28-12-19(16)33-14-25(2)9-11-34-25/h3-6,10,12,30-31H,7-9,11,13-14H2,1-2H3,(H,29,32). The van der Waals surface area contributed by atoms with Crippen molar-refractivity contribution in [2.75, 3.05) is 25.1 Å². The largest absolute Gasteiger partial charge is 0.488 e. The van der Waals surface area contributed by atoms with Gasteiger partial charge in [0.1, 0.15) is 23.8 Å². The van der Waals surface area contributed by atoms with Gasteiger partial charge in [-0.3, -0.25) is 9.78 Å². The summed E-state index contributed by atoms with van der Waals surface area (Å²) in [6.07, 6.45) is 6.34. The van der Waals surface area contributed by atoms with Gasteiger partial charge in [0.25, 0.3) is 5.91 Å². The van der Waals surface area contributed by atoms with Crippen molar-refractivity contribution in [3.05, 3.63) is 59.3 Å². The molecule has 34 heavy (non-hydrogen) atoms. The number of anilines is 2. The molecule has 2 fully saturated rings. The molecule has 1 aromatic carbocycles. The highest BCUT2D eigenvalue weighted by atomic mass is 19.1. The highest BCUT2D eigenvalue weighted by Gasteiger charge is 2.51. The summed E-state index contributed by atoms with van der Waals surface area (Å²) in [6.45, 7) is 5.51. The normalized spacial score (nSPS) is 22.0. The summed E-state index contributed by atoms with van der Waals surface area (Å²) in [5, 5.41) is 6.42. The molecule has 3 aromatic rings. The van der Waals surface area contributed by atoms with Crippen molar-refractivity contribution in [1.82, 2.24) is 15.3 Å². The molecule has 7 nitrogen and oxygen atoms in total. The Labute approximate surface area is 197 Å². The molecule has 1 spiro atoms. The molecule has 0 bridgehead atoms. The maximum atomic E-state index is 14.3. The lowest BCUT2D eigenvalue weighted by molar-refractivity contribution is -0.152. The van der Waals surface area contributed by atoms with Crippen molar-refractivity contribution >= 4 is 17.3 Å². The van der Waals surface area contributed by atoms with Gasteiger partial charge < -0.3 is 25.1 Å². The maximum Gasteiger partial charge on any atom is 0.255 e. The number of rotatable bonds is 6. The summed E-state index contributed by atoms with van der Waals surface area (Å²) >= 11 is 0. The Hall–Kier alpha value is -3.39. The fourth-order valence-electron chi connectivity index (χ4n) is 4.83. The Morgan fingerprint density at radius 2 is 2.09 bits per heavy atom. The molecule has 1 atom stereocenters. The van der Waals surface area contributed by atoms with E-state index in [1.54, 1.807) is 25.4 Å². The number of nitrogens with one attached hydrogen (secondary N) is 3. The van der Waals surface area contributed by atoms with Gasteiger partial charge in [-0.15, -0.1) is 0 Å². The zero-order valence-corrected chi connectivity index (χ0v) is 19.3. The number of pyridine rings is 1. The smallest absolute Gasteiger partial charge is 0.255 e. The van der Waals surface area contributed by atoms with E-state index in [0.29, 0.717) is 41.4 Å². The summed E-state index contributed by atoms with van der Waals surface area (Å²) < 4.78 is 26.2. The number of aromatic amines is 1. The van der Waals surface area contributed by atoms with Crippen molar-refractivity contribution in [3.63, 3.8) is 0 Å². The van der Waals surface area contributed by atoms with Gasteiger partial charge in [0.15, 0.2) is 0 Å². The number of hydrogen-bond acceptors (Lipinski definition) is 5. The molecule has 1 unspecified atom stereocenters. The zero-order chi connectivity index (χ0) is 23.5. The quantitative estimate of drug-likeness (QED) is 0.498. The second-order valence-electron chi connectivity index (χ2n) is 9.83. The molecule has 2 aliphatic heterocycles. The Bertz CT molecular complexity index is 1290. The van der Waals surface area contributed by atoms with Crippen molar-refractivity contribution in [1.29, 1.82) is 0 Å². The van der Waals surface area contributed by atoms with Crippen LogP contribution >= 0.6 is 0 Å². The second-order valence-corrected chi connectivity index (χ2v) is 9.83. The van der Waals surface area contributed by atoms with Gasteiger partial charge in [-0.25, -0.2) is 4.39 Å². The number of amides is 1. The predicted octanol–water partition coefficient (Wildman–Crippen LogP) is 4.60. The first-order valence-corrected chi connectivity index (χ1v) is 11.7. The lowest BCUT2D eigenvalue weighted by Crippen LogP contribution is -2.45. The van der Waals surface area contributed by atoms with Crippen molar-refractivity contribution < 1.29 is 18.7 Å². The van der Waals surface area contributed by atoms with Crippen LogP contribution in [0.5, 0.6) is 5.75 Å². The highest BCUT2D eigenvalue weighted by Crippen LogP contribution is 2.54. The number of ether oxygens (including phenoxy) is 2. The van der Waals surface area contributed by atoms with Crippen LogP contribution in [0.2, 0.25) is 0 Å². The molecule has 8 heteroatoms. The van der Waals surface area contributed by atoms with Crippen molar-refractivity contribution in [2.45, 2.75) is 44.1 Å². The number of carbonyl (C=O) groups is 1. The lowest BCUT2D eigenvalue weighted by atomic mass is 9.93.